The number of rotatable bonds is 7. The van der Waals surface area contributed by atoms with Gasteiger partial charge in [-0.1, -0.05) is 38.8 Å². The molecule has 0 spiro atoms. The zero-order chi connectivity index (χ0) is 20.3. The molecule has 0 saturated heterocycles. The van der Waals surface area contributed by atoms with E-state index in [9.17, 15) is 18.0 Å². The van der Waals surface area contributed by atoms with Crippen LogP contribution in [0.1, 0.15) is 56.0 Å². The van der Waals surface area contributed by atoms with Gasteiger partial charge in [0.15, 0.2) is 0 Å². The first-order valence-electron chi connectivity index (χ1n) is 8.37. The van der Waals surface area contributed by atoms with Gasteiger partial charge in [0.25, 0.3) is 5.91 Å². The molecule has 148 valence electrons. The number of carboxylic acid groups (broad SMARTS) is 1. The van der Waals surface area contributed by atoms with Crippen molar-refractivity contribution in [2.24, 2.45) is 11.7 Å². The minimum Gasteiger partial charge on any atom is -0.475 e. The number of carboxylic acids is 1. The number of nitrogens with two attached hydrogens (primary N) is 1. The molecule has 0 aliphatic carbocycles. The zero-order valence-electron chi connectivity index (χ0n) is 15.3. The third kappa shape index (κ3) is 10.7. The minimum absolute atomic E-state index is 0.000573. The first-order valence-corrected chi connectivity index (χ1v) is 8.37. The van der Waals surface area contributed by atoms with Gasteiger partial charge in [-0.15, -0.1) is 0 Å². The fourth-order valence-electron chi connectivity index (χ4n) is 2.00. The molecule has 26 heavy (non-hydrogen) atoms. The van der Waals surface area contributed by atoms with Crippen LogP contribution in [0.3, 0.4) is 0 Å². The van der Waals surface area contributed by atoms with Gasteiger partial charge in [-0.3, -0.25) is 4.79 Å². The molecule has 0 aliphatic rings. The summed E-state index contributed by atoms with van der Waals surface area (Å²) in [4.78, 5) is 20.9. The van der Waals surface area contributed by atoms with Gasteiger partial charge in [-0.2, -0.15) is 13.2 Å². The SMILES string of the molecule is CC(C)CCCC(C)NC(=O)c1ccc(CN)cc1.O=C(O)C(F)(F)F. The van der Waals surface area contributed by atoms with Crippen LogP contribution < -0.4 is 11.1 Å². The quantitative estimate of drug-likeness (QED) is 0.676. The Morgan fingerprint density at radius 3 is 2.00 bits per heavy atom. The van der Waals surface area contributed by atoms with Crippen LogP contribution in [0.4, 0.5) is 13.2 Å². The van der Waals surface area contributed by atoms with Crippen molar-refractivity contribution in [3.63, 3.8) is 0 Å². The number of hydrogen-bond donors (Lipinski definition) is 3. The van der Waals surface area contributed by atoms with Crippen LogP contribution in [0.5, 0.6) is 0 Å². The summed E-state index contributed by atoms with van der Waals surface area (Å²) in [6.07, 6.45) is -1.68. The third-order valence-corrected chi connectivity index (χ3v) is 3.49. The fourth-order valence-corrected chi connectivity index (χ4v) is 2.00. The number of amides is 1. The first kappa shape index (κ1) is 23.9. The largest absolute Gasteiger partial charge is 0.490 e. The van der Waals surface area contributed by atoms with Crippen molar-refractivity contribution >= 4 is 11.9 Å². The smallest absolute Gasteiger partial charge is 0.475 e. The normalized spacial score (nSPS) is 12.2. The molecule has 0 fully saturated rings. The van der Waals surface area contributed by atoms with E-state index in [1.165, 1.54) is 6.42 Å². The summed E-state index contributed by atoms with van der Waals surface area (Å²) in [7, 11) is 0. The summed E-state index contributed by atoms with van der Waals surface area (Å²) >= 11 is 0. The van der Waals surface area contributed by atoms with E-state index in [0.29, 0.717) is 12.1 Å². The van der Waals surface area contributed by atoms with Crippen molar-refractivity contribution in [1.29, 1.82) is 0 Å². The van der Waals surface area contributed by atoms with E-state index in [1.54, 1.807) is 0 Å². The summed E-state index contributed by atoms with van der Waals surface area (Å²) in [5.74, 6) is -2.03. The average molecular weight is 376 g/mol. The second-order valence-corrected chi connectivity index (χ2v) is 6.40. The summed E-state index contributed by atoms with van der Waals surface area (Å²) in [5, 5.41) is 10.2. The van der Waals surface area contributed by atoms with E-state index in [2.05, 4.69) is 26.1 Å². The Labute approximate surface area is 151 Å². The van der Waals surface area contributed by atoms with Gasteiger partial charge in [-0.25, -0.2) is 4.79 Å². The number of carbonyl (C=O) groups is 2. The highest BCUT2D eigenvalue weighted by Crippen LogP contribution is 2.13. The zero-order valence-corrected chi connectivity index (χ0v) is 15.3. The monoisotopic (exact) mass is 376 g/mol. The molecule has 0 saturated carbocycles. The Morgan fingerprint density at radius 2 is 1.62 bits per heavy atom. The number of hydrogen-bond acceptors (Lipinski definition) is 3. The van der Waals surface area contributed by atoms with Crippen LogP contribution in [0.25, 0.3) is 0 Å². The van der Waals surface area contributed by atoms with Crippen molar-refractivity contribution < 1.29 is 27.9 Å². The predicted molar refractivity (Wildman–Crippen MR) is 93.6 cm³/mol. The van der Waals surface area contributed by atoms with Gasteiger partial charge in [0, 0.05) is 18.2 Å². The number of alkyl halides is 3. The molecule has 0 heterocycles. The minimum atomic E-state index is -5.08. The Morgan fingerprint density at radius 1 is 1.12 bits per heavy atom. The van der Waals surface area contributed by atoms with E-state index in [0.717, 1.165) is 24.3 Å². The van der Waals surface area contributed by atoms with Gasteiger partial charge >= 0.3 is 12.1 Å². The fraction of sp³-hybridized carbons (Fsp3) is 0.556. The molecule has 1 unspecified atom stereocenters. The number of benzene rings is 1. The predicted octanol–water partition coefficient (Wildman–Crippen LogP) is 3.72. The lowest BCUT2D eigenvalue weighted by Gasteiger charge is -2.14. The molecule has 8 heteroatoms. The number of aliphatic carboxylic acids is 1. The van der Waals surface area contributed by atoms with Crippen LogP contribution in [-0.4, -0.2) is 29.2 Å². The maximum Gasteiger partial charge on any atom is 0.490 e. The number of carbonyl (C=O) groups excluding carboxylic acids is 1. The van der Waals surface area contributed by atoms with Crippen molar-refractivity contribution in [2.75, 3.05) is 0 Å². The molecule has 1 aromatic carbocycles. The Balaban J connectivity index is 0.000000758. The maximum absolute atomic E-state index is 12.0. The second-order valence-electron chi connectivity index (χ2n) is 6.40. The van der Waals surface area contributed by atoms with Crippen LogP contribution in [0.2, 0.25) is 0 Å². The first-order chi connectivity index (χ1) is 12.0. The molecule has 1 atom stereocenters. The molecule has 0 aliphatic heterocycles. The number of nitrogens with one attached hydrogen (secondary N) is 1. The highest BCUT2D eigenvalue weighted by Gasteiger charge is 2.38. The molecule has 0 aromatic heterocycles. The van der Waals surface area contributed by atoms with Crippen LogP contribution in [-0.2, 0) is 11.3 Å². The molecular weight excluding hydrogens is 349 g/mol. The Hall–Kier alpha value is -2.09. The van der Waals surface area contributed by atoms with Crippen molar-refractivity contribution in [3.8, 4) is 0 Å². The lowest BCUT2D eigenvalue weighted by Crippen LogP contribution is -2.32. The standard InChI is InChI=1S/C16H26N2O.C2HF3O2/c1-12(2)5-4-6-13(3)18-16(19)15-9-7-14(11-17)8-10-15;3-2(4,5)1(6)7/h7-10,12-13H,4-6,11,17H2,1-3H3,(H,18,19);(H,6,7). The average Bonchev–Trinajstić information content (AvgIpc) is 2.54. The van der Waals surface area contributed by atoms with E-state index < -0.39 is 12.1 Å². The molecule has 1 amide bonds. The van der Waals surface area contributed by atoms with Crippen molar-refractivity contribution in [2.45, 2.75) is 58.8 Å². The lowest BCUT2D eigenvalue weighted by molar-refractivity contribution is -0.192. The van der Waals surface area contributed by atoms with Crippen LogP contribution in [0, 0.1) is 5.92 Å². The van der Waals surface area contributed by atoms with Crippen LogP contribution >= 0.6 is 0 Å². The van der Waals surface area contributed by atoms with Gasteiger partial charge in [0.05, 0.1) is 0 Å². The molecule has 1 rings (SSSR count). The molecule has 0 radical (unpaired) electrons. The highest BCUT2D eigenvalue weighted by atomic mass is 19.4. The molecule has 0 bridgehead atoms. The topological polar surface area (TPSA) is 92.4 Å². The van der Waals surface area contributed by atoms with Gasteiger partial charge in [0.2, 0.25) is 0 Å². The summed E-state index contributed by atoms with van der Waals surface area (Å²) < 4.78 is 31.7. The molecular formula is C18H27F3N2O3. The van der Waals surface area contributed by atoms with Gasteiger partial charge in [0.1, 0.15) is 0 Å². The van der Waals surface area contributed by atoms with E-state index in [1.807, 2.05) is 24.3 Å². The van der Waals surface area contributed by atoms with E-state index in [4.69, 9.17) is 15.6 Å². The molecule has 1 aromatic rings. The maximum atomic E-state index is 12.0. The second kappa shape index (κ2) is 11.5. The molecule has 5 nitrogen and oxygen atoms in total. The number of halogens is 3. The summed E-state index contributed by atoms with van der Waals surface area (Å²) in [6, 6.07) is 7.69. The van der Waals surface area contributed by atoms with Gasteiger partial charge < -0.3 is 16.2 Å². The third-order valence-electron chi connectivity index (χ3n) is 3.49. The van der Waals surface area contributed by atoms with Crippen molar-refractivity contribution in [1.82, 2.24) is 5.32 Å². The summed E-state index contributed by atoms with van der Waals surface area (Å²) in [5.41, 5.74) is 7.28. The van der Waals surface area contributed by atoms with Crippen LogP contribution in [0.15, 0.2) is 24.3 Å². The lowest BCUT2D eigenvalue weighted by atomic mass is 10.0. The molecule has 4 N–H and O–H groups in total. The van der Waals surface area contributed by atoms with Gasteiger partial charge in [-0.05, 0) is 37.0 Å². The Kier molecular flexibility index (Phi) is 10.6. The van der Waals surface area contributed by atoms with Crippen molar-refractivity contribution in [3.05, 3.63) is 35.4 Å². The summed E-state index contributed by atoms with van der Waals surface area (Å²) in [6.45, 7) is 7.02. The highest BCUT2D eigenvalue weighted by molar-refractivity contribution is 5.94. The van der Waals surface area contributed by atoms with E-state index in [-0.39, 0.29) is 11.9 Å². The Bertz CT molecular complexity index is 558. The van der Waals surface area contributed by atoms with E-state index >= 15 is 0 Å².